The number of nitrogens with zero attached hydrogens (tertiary/aromatic N) is 1. The lowest BCUT2D eigenvalue weighted by atomic mass is 9.90. The summed E-state index contributed by atoms with van der Waals surface area (Å²) < 4.78 is 0. The molecule has 0 spiro atoms. The Morgan fingerprint density at radius 2 is 1.36 bits per heavy atom. The molecule has 0 aromatic heterocycles. The van der Waals surface area contributed by atoms with E-state index in [9.17, 15) is 20.0 Å². The predicted molar refractivity (Wildman–Crippen MR) is 106 cm³/mol. The number of nitro groups is 1. The second kappa shape index (κ2) is 8.92. The number of carbonyl (C=O) groups excluding carboxylic acids is 1. The smallest absolute Gasteiger partial charge is 0.269 e. The van der Waals surface area contributed by atoms with Gasteiger partial charge >= 0.3 is 0 Å². The van der Waals surface area contributed by atoms with E-state index in [0.717, 1.165) is 11.1 Å². The maximum absolute atomic E-state index is 12.9. The molecule has 28 heavy (non-hydrogen) atoms. The van der Waals surface area contributed by atoms with Crippen LogP contribution in [-0.2, 0) is 4.79 Å². The van der Waals surface area contributed by atoms with Crippen molar-refractivity contribution in [2.75, 3.05) is 6.54 Å². The highest BCUT2D eigenvalue weighted by molar-refractivity contribution is 5.87. The minimum absolute atomic E-state index is 0.00676. The summed E-state index contributed by atoms with van der Waals surface area (Å²) in [5.41, 5.74) is 2.17. The Labute approximate surface area is 162 Å². The monoisotopic (exact) mass is 376 g/mol. The number of nitrogens with one attached hydrogen (secondary N) is 1. The molecular weight excluding hydrogens is 356 g/mol. The molecule has 0 aliphatic heterocycles. The van der Waals surface area contributed by atoms with E-state index in [1.165, 1.54) is 24.3 Å². The highest BCUT2D eigenvalue weighted by Crippen LogP contribution is 2.25. The molecule has 6 nitrogen and oxygen atoms in total. The van der Waals surface area contributed by atoms with Crippen molar-refractivity contribution >= 4 is 11.6 Å². The summed E-state index contributed by atoms with van der Waals surface area (Å²) in [6.07, 6.45) is -0.961. The zero-order chi connectivity index (χ0) is 19.9. The van der Waals surface area contributed by atoms with Gasteiger partial charge in [-0.2, -0.15) is 0 Å². The zero-order valence-electron chi connectivity index (χ0n) is 15.1. The lowest BCUT2D eigenvalue weighted by Gasteiger charge is -2.19. The Hall–Kier alpha value is -3.51. The number of rotatable bonds is 7. The van der Waals surface area contributed by atoms with Crippen molar-refractivity contribution in [3.63, 3.8) is 0 Å². The van der Waals surface area contributed by atoms with Crippen LogP contribution in [0.3, 0.4) is 0 Å². The third kappa shape index (κ3) is 4.61. The summed E-state index contributed by atoms with van der Waals surface area (Å²) >= 11 is 0. The summed E-state index contributed by atoms with van der Waals surface area (Å²) in [6.45, 7) is 0.00676. The molecule has 1 atom stereocenters. The van der Waals surface area contributed by atoms with Gasteiger partial charge in [-0.15, -0.1) is 0 Å². The molecule has 0 bridgehead atoms. The average molecular weight is 376 g/mol. The number of non-ortho nitro benzene ring substituents is 1. The van der Waals surface area contributed by atoms with Gasteiger partial charge in [0, 0.05) is 18.7 Å². The van der Waals surface area contributed by atoms with Crippen molar-refractivity contribution in [2.45, 2.75) is 12.0 Å². The summed E-state index contributed by atoms with van der Waals surface area (Å²) in [7, 11) is 0. The number of aliphatic hydroxyl groups excluding tert-OH is 1. The third-order valence-electron chi connectivity index (χ3n) is 4.49. The molecule has 0 aliphatic carbocycles. The van der Waals surface area contributed by atoms with Crippen molar-refractivity contribution in [2.24, 2.45) is 0 Å². The largest absolute Gasteiger partial charge is 0.387 e. The molecule has 0 saturated carbocycles. The molecule has 0 heterocycles. The van der Waals surface area contributed by atoms with Gasteiger partial charge in [-0.05, 0) is 28.8 Å². The number of aliphatic hydroxyl groups is 1. The van der Waals surface area contributed by atoms with Crippen LogP contribution < -0.4 is 5.32 Å². The van der Waals surface area contributed by atoms with Gasteiger partial charge in [0.25, 0.3) is 5.69 Å². The number of hydrogen-bond donors (Lipinski definition) is 2. The molecule has 3 aromatic carbocycles. The standard InChI is InChI=1S/C22H20N2O4/c25-20(16-11-13-19(14-12-16)24(27)28)15-23-22(26)21(17-7-3-1-4-8-17)18-9-5-2-6-10-18/h1-14,20-21,25H,15H2,(H,23,26)/t20-/m0/s1. The number of carbonyl (C=O) groups is 1. The maximum Gasteiger partial charge on any atom is 0.269 e. The third-order valence-corrected chi connectivity index (χ3v) is 4.49. The summed E-state index contributed by atoms with van der Waals surface area (Å²) in [4.78, 5) is 23.1. The van der Waals surface area contributed by atoms with Crippen LogP contribution in [0.1, 0.15) is 28.7 Å². The molecule has 0 radical (unpaired) electrons. The lowest BCUT2D eigenvalue weighted by Crippen LogP contribution is -2.33. The van der Waals surface area contributed by atoms with E-state index in [2.05, 4.69) is 5.32 Å². The number of hydrogen-bond acceptors (Lipinski definition) is 4. The minimum Gasteiger partial charge on any atom is -0.387 e. The molecule has 142 valence electrons. The Morgan fingerprint density at radius 1 is 0.857 bits per heavy atom. The van der Waals surface area contributed by atoms with E-state index in [1.807, 2.05) is 60.7 Å². The van der Waals surface area contributed by atoms with Crippen LogP contribution in [0.5, 0.6) is 0 Å². The van der Waals surface area contributed by atoms with E-state index in [1.54, 1.807) is 0 Å². The second-order valence-corrected chi connectivity index (χ2v) is 6.36. The van der Waals surface area contributed by atoms with Gasteiger partial charge in [-0.25, -0.2) is 0 Å². The van der Waals surface area contributed by atoms with Gasteiger partial charge in [0.1, 0.15) is 0 Å². The van der Waals surface area contributed by atoms with Crippen molar-refractivity contribution in [1.82, 2.24) is 5.32 Å². The van der Waals surface area contributed by atoms with Gasteiger partial charge in [-0.1, -0.05) is 60.7 Å². The van der Waals surface area contributed by atoms with Crippen LogP contribution in [0.15, 0.2) is 84.9 Å². The van der Waals surface area contributed by atoms with Crippen LogP contribution in [0.25, 0.3) is 0 Å². The molecule has 0 aliphatic rings. The molecule has 0 saturated heterocycles. The fraction of sp³-hybridized carbons (Fsp3) is 0.136. The summed E-state index contributed by atoms with van der Waals surface area (Å²) in [6, 6.07) is 24.5. The van der Waals surface area contributed by atoms with Crippen molar-refractivity contribution in [3.05, 3.63) is 112 Å². The van der Waals surface area contributed by atoms with Crippen molar-refractivity contribution < 1.29 is 14.8 Å². The minimum atomic E-state index is -0.961. The van der Waals surface area contributed by atoms with Gasteiger partial charge in [-0.3, -0.25) is 14.9 Å². The first-order valence-corrected chi connectivity index (χ1v) is 8.86. The topological polar surface area (TPSA) is 92.5 Å². The molecule has 0 fully saturated rings. The SMILES string of the molecule is O=C(NC[C@H](O)c1ccc([N+](=O)[O-])cc1)C(c1ccccc1)c1ccccc1. The highest BCUT2D eigenvalue weighted by atomic mass is 16.6. The highest BCUT2D eigenvalue weighted by Gasteiger charge is 2.23. The fourth-order valence-electron chi connectivity index (χ4n) is 3.02. The van der Waals surface area contributed by atoms with Gasteiger partial charge in [0.15, 0.2) is 0 Å². The Bertz CT molecular complexity index is 888. The maximum atomic E-state index is 12.9. The molecule has 1 amide bonds. The van der Waals surface area contributed by atoms with Crippen LogP contribution in [-0.4, -0.2) is 22.5 Å². The number of nitro benzene ring substituents is 1. The zero-order valence-corrected chi connectivity index (χ0v) is 15.1. The van der Waals surface area contributed by atoms with Crippen molar-refractivity contribution in [1.29, 1.82) is 0 Å². The lowest BCUT2D eigenvalue weighted by molar-refractivity contribution is -0.384. The van der Waals surface area contributed by atoms with E-state index < -0.39 is 16.9 Å². The number of amides is 1. The quantitative estimate of drug-likeness (QED) is 0.487. The molecule has 6 heteroatoms. The van der Waals surface area contributed by atoms with E-state index in [0.29, 0.717) is 5.56 Å². The second-order valence-electron chi connectivity index (χ2n) is 6.36. The van der Waals surface area contributed by atoms with Crippen LogP contribution in [0.2, 0.25) is 0 Å². The predicted octanol–water partition coefficient (Wildman–Crippen LogP) is 3.58. The molecular formula is C22H20N2O4. The van der Waals surface area contributed by atoms with E-state index in [-0.39, 0.29) is 18.1 Å². The summed E-state index contributed by atoms with van der Waals surface area (Å²) in [5, 5.41) is 23.9. The first kappa shape index (κ1) is 19.3. The Balaban J connectivity index is 1.72. The van der Waals surface area contributed by atoms with Gasteiger partial charge in [0.2, 0.25) is 5.91 Å². The first-order chi connectivity index (χ1) is 13.6. The molecule has 2 N–H and O–H groups in total. The van der Waals surface area contributed by atoms with Crippen LogP contribution >= 0.6 is 0 Å². The molecule has 0 unspecified atom stereocenters. The fourth-order valence-corrected chi connectivity index (χ4v) is 3.02. The normalized spacial score (nSPS) is 11.8. The van der Waals surface area contributed by atoms with E-state index >= 15 is 0 Å². The van der Waals surface area contributed by atoms with Gasteiger partial charge < -0.3 is 10.4 Å². The Kier molecular flexibility index (Phi) is 6.14. The van der Waals surface area contributed by atoms with Crippen molar-refractivity contribution in [3.8, 4) is 0 Å². The first-order valence-electron chi connectivity index (χ1n) is 8.86. The molecule has 3 rings (SSSR count). The van der Waals surface area contributed by atoms with Crippen LogP contribution in [0, 0.1) is 10.1 Å². The summed E-state index contributed by atoms with van der Waals surface area (Å²) in [5.74, 6) is -0.718. The van der Waals surface area contributed by atoms with Gasteiger partial charge in [0.05, 0.1) is 16.9 Å². The van der Waals surface area contributed by atoms with E-state index in [4.69, 9.17) is 0 Å². The molecule has 3 aromatic rings. The Morgan fingerprint density at radius 3 is 1.82 bits per heavy atom. The van der Waals surface area contributed by atoms with Crippen LogP contribution in [0.4, 0.5) is 5.69 Å². The number of benzene rings is 3. The average Bonchev–Trinajstić information content (AvgIpc) is 2.74.